The van der Waals surface area contributed by atoms with E-state index in [2.05, 4.69) is 50.2 Å². The molecule has 2 unspecified atom stereocenters. The normalized spacial score (nSPS) is 26.6. The number of nitrogens with one attached hydrogen (secondary N) is 2. The van der Waals surface area contributed by atoms with Crippen LogP contribution in [0.1, 0.15) is 47.5 Å². The second-order valence-corrected chi connectivity index (χ2v) is 7.49. The van der Waals surface area contributed by atoms with Gasteiger partial charge >= 0.3 is 0 Å². The lowest BCUT2D eigenvalue weighted by Gasteiger charge is -2.44. The molecule has 2 fully saturated rings. The highest BCUT2D eigenvalue weighted by Gasteiger charge is 2.33. The standard InChI is InChI=1S/C17H34N4O.HI/c1-6-18-16(19-9-15-7-8-15)20-12-17(4,5)21-10-13(2)22-14(3)11-21;/h13-15H,6-12H2,1-5H3,(H2,18,19,20);1H. The van der Waals surface area contributed by atoms with E-state index in [0.717, 1.165) is 44.6 Å². The fraction of sp³-hybridized carbons (Fsp3) is 0.941. The third-order valence-corrected chi connectivity index (χ3v) is 4.50. The quantitative estimate of drug-likeness (QED) is 0.380. The molecule has 0 aromatic carbocycles. The van der Waals surface area contributed by atoms with Crippen LogP contribution >= 0.6 is 24.0 Å². The molecule has 5 nitrogen and oxygen atoms in total. The minimum atomic E-state index is 0. The van der Waals surface area contributed by atoms with E-state index in [1.807, 2.05) is 0 Å². The van der Waals surface area contributed by atoms with Crippen molar-refractivity contribution in [2.45, 2.75) is 65.2 Å². The molecule has 1 saturated carbocycles. The maximum absolute atomic E-state index is 5.85. The molecule has 6 heteroatoms. The molecule has 1 aliphatic heterocycles. The van der Waals surface area contributed by atoms with Gasteiger partial charge in [0.25, 0.3) is 0 Å². The third kappa shape index (κ3) is 7.13. The molecule has 2 N–H and O–H groups in total. The molecule has 1 saturated heterocycles. The van der Waals surface area contributed by atoms with Gasteiger partial charge in [0, 0.05) is 31.7 Å². The van der Waals surface area contributed by atoms with Gasteiger partial charge in [0.1, 0.15) is 0 Å². The van der Waals surface area contributed by atoms with Gasteiger partial charge < -0.3 is 15.4 Å². The Labute approximate surface area is 159 Å². The fourth-order valence-electron chi connectivity index (χ4n) is 2.95. The van der Waals surface area contributed by atoms with E-state index in [1.54, 1.807) is 0 Å². The molecule has 0 aromatic rings. The SMILES string of the molecule is CCNC(=NCC(C)(C)N1CC(C)OC(C)C1)NCC1CC1.I. The molecular weight excluding hydrogens is 403 g/mol. The van der Waals surface area contributed by atoms with E-state index < -0.39 is 0 Å². The van der Waals surface area contributed by atoms with E-state index in [1.165, 1.54) is 12.8 Å². The molecule has 0 bridgehead atoms. The zero-order valence-electron chi connectivity index (χ0n) is 15.4. The van der Waals surface area contributed by atoms with Crippen molar-refractivity contribution in [1.29, 1.82) is 0 Å². The molecule has 136 valence electrons. The molecule has 2 aliphatic rings. The van der Waals surface area contributed by atoms with Crippen molar-refractivity contribution in [3.63, 3.8) is 0 Å². The summed E-state index contributed by atoms with van der Waals surface area (Å²) in [6.07, 6.45) is 3.32. The van der Waals surface area contributed by atoms with Crippen LogP contribution < -0.4 is 10.6 Å². The van der Waals surface area contributed by atoms with Crippen LogP contribution in [-0.4, -0.2) is 61.3 Å². The molecule has 0 amide bonds. The van der Waals surface area contributed by atoms with E-state index in [9.17, 15) is 0 Å². The highest BCUT2D eigenvalue weighted by Crippen LogP contribution is 2.27. The van der Waals surface area contributed by atoms with Gasteiger partial charge in [-0.05, 0) is 53.4 Å². The second-order valence-electron chi connectivity index (χ2n) is 7.49. The number of rotatable bonds is 6. The zero-order valence-corrected chi connectivity index (χ0v) is 17.7. The van der Waals surface area contributed by atoms with Gasteiger partial charge in [-0.15, -0.1) is 24.0 Å². The minimum Gasteiger partial charge on any atom is -0.373 e. The van der Waals surface area contributed by atoms with Gasteiger partial charge in [-0.25, -0.2) is 0 Å². The molecule has 2 rings (SSSR count). The maximum atomic E-state index is 5.85. The Balaban J connectivity index is 0.00000264. The van der Waals surface area contributed by atoms with E-state index in [0.29, 0.717) is 12.2 Å². The van der Waals surface area contributed by atoms with Gasteiger partial charge in [0.05, 0.1) is 18.8 Å². The minimum absolute atomic E-state index is 0. The van der Waals surface area contributed by atoms with Crippen molar-refractivity contribution >= 4 is 29.9 Å². The Bertz CT molecular complexity index is 375. The van der Waals surface area contributed by atoms with Gasteiger partial charge in [-0.3, -0.25) is 9.89 Å². The first-order chi connectivity index (χ1) is 10.4. The number of halogens is 1. The summed E-state index contributed by atoms with van der Waals surface area (Å²) in [6, 6.07) is 0. The van der Waals surface area contributed by atoms with Crippen LogP contribution in [0, 0.1) is 5.92 Å². The van der Waals surface area contributed by atoms with Crippen molar-refractivity contribution in [2.24, 2.45) is 10.9 Å². The number of guanidine groups is 1. The lowest BCUT2D eigenvalue weighted by atomic mass is 10.0. The lowest BCUT2D eigenvalue weighted by Crippen LogP contribution is -2.56. The number of aliphatic imine (C=N–C) groups is 1. The summed E-state index contributed by atoms with van der Waals surface area (Å²) < 4.78 is 5.85. The first-order valence-corrected chi connectivity index (χ1v) is 8.83. The predicted molar refractivity (Wildman–Crippen MR) is 108 cm³/mol. The van der Waals surface area contributed by atoms with E-state index in [4.69, 9.17) is 9.73 Å². The molecular formula is C17H35IN4O. The summed E-state index contributed by atoms with van der Waals surface area (Å²) in [5.41, 5.74) is 0.0498. The monoisotopic (exact) mass is 438 g/mol. The third-order valence-electron chi connectivity index (χ3n) is 4.50. The average Bonchev–Trinajstić information content (AvgIpc) is 3.25. The van der Waals surface area contributed by atoms with Crippen LogP contribution in [0.2, 0.25) is 0 Å². The van der Waals surface area contributed by atoms with Crippen LogP contribution in [0.5, 0.6) is 0 Å². The predicted octanol–water partition coefficient (Wildman–Crippen LogP) is 2.46. The Morgan fingerprint density at radius 1 is 1.17 bits per heavy atom. The Morgan fingerprint density at radius 3 is 2.30 bits per heavy atom. The molecule has 1 aliphatic carbocycles. The summed E-state index contributed by atoms with van der Waals surface area (Å²) in [7, 11) is 0. The Morgan fingerprint density at radius 2 is 1.78 bits per heavy atom. The smallest absolute Gasteiger partial charge is 0.191 e. The van der Waals surface area contributed by atoms with Gasteiger partial charge in [-0.2, -0.15) is 0 Å². The average molecular weight is 438 g/mol. The topological polar surface area (TPSA) is 48.9 Å². The van der Waals surface area contributed by atoms with Crippen molar-refractivity contribution in [2.75, 3.05) is 32.7 Å². The molecule has 23 heavy (non-hydrogen) atoms. The lowest BCUT2D eigenvalue weighted by molar-refractivity contribution is -0.0939. The maximum Gasteiger partial charge on any atom is 0.191 e. The fourth-order valence-corrected chi connectivity index (χ4v) is 2.95. The van der Waals surface area contributed by atoms with E-state index in [-0.39, 0.29) is 29.5 Å². The first kappa shape index (κ1) is 21.0. The summed E-state index contributed by atoms with van der Waals surface area (Å²) in [4.78, 5) is 7.34. The highest BCUT2D eigenvalue weighted by atomic mass is 127. The van der Waals surface area contributed by atoms with Gasteiger partial charge in [0.15, 0.2) is 5.96 Å². The van der Waals surface area contributed by atoms with Gasteiger partial charge in [0.2, 0.25) is 0 Å². The Kier molecular flexibility index (Phi) is 8.58. The number of ether oxygens (including phenoxy) is 1. The van der Waals surface area contributed by atoms with Crippen molar-refractivity contribution in [1.82, 2.24) is 15.5 Å². The summed E-state index contributed by atoms with van der Waals surface area (Å²) in [6.45, 7) is 15.7. The zero-order chi connectivity index (χ0) is 16.2. The molecule has 0 spiro atoms. The largest absolute Gasteiger partial charge is 0.373 e. The number of hydrogen-bond donors (Lipinski definition) is 2. The number of nitrogens with zero attached hydrogens (tertiary/aromatic N) is 2. The van der Waals surface area contributed by atoms with Crippen LogP contribution in [0.3, 0.4) is 0 Å². The van der Waals surface area contributed by atoms with Crippen molar-refractivity contribution in [3.8, 4) is 0 Å². The van der Waals surface area contributed by atoms with Crippen LogP contribution in [0.15, 0.2) is 4.99 Å². The molecule has 0 aromatic heterocycles. The number of hydrogen-bond acceptors (Lipinski definition) is 3. The second kappa shape index (κ2) is 9.42. The van der Waals surface area contributed by atoms with Crippen molar-refractivity contribution in [3.05, 3.63) is 0 Å². The summed E-state index contributed by atoms with van der Waals surface area (Å²) in [5, 5.41) is 6.83. The van der Waals surface area contributed by atoms with Gasteiger partial charge in [-0.1, -0.05) is 0 Å². The molecule has 1 heterocycles. The highest BCUT2D eigenvalue weighted by molar-refractivity contribution is 14.0. The first-order valence-electron chi connectivity index (χ1n) is 8.83. The van der Waals surface area contributed by atoms with Crippen molar-refractivity contribution < 1.29 is 4.74 Å². The summed E-state index contributed by atoms with van der Waals surface area (Å²) in [5.74, 6) is 1.81. The van der Waals surface area contributed by atoms with E-state index >= 15 is 0 Å². The van der Waals surface area contributed by atoms with Crippen LogP contribution in [-0.2, 0) is 4.74 Å². The Hall–Kier alpha value is -0.0800. The summed E-state index contributed by atoms with van der Waals surface area (Å²) >= 11 is 0. The molecule has 2 atom stereocenters. The van der Waals surface area contributed by atoms with Crippen LogP contribution in [0.25, 0.3) is 0 Å². The number of morpholine rings is 1. The van der Waals surface area contributed by atoms with Crippen LogP contribution in [0.4, 0.5) is 0 Å². The molecule has 0 radical (unpaired) electrons.